The van der Waals surface area contributed by atoms with Crippen LogP contribution in [0.2, 0.25) is 5.02 Å². The molecule has 1 unspecified atom stereocenters. The molecule has 2 aliphatic rings. The molecule has 0 bridgehead atoms. The summed E-state index contributed by atoms with van der Waals surface area (Å²) in [5.74, 6) is 0.297. The average molecular weight is 628 g/mol. The van der Waals surface area contributed by atoms with Crippen molar-refractivity contribution in [1.82, 2.24) is 4.98 Å². The van der Waals surface area contributed by atoms with Crippen LogP contribution >= 0.6 is 11.6 Å². The van der Waals surface area contributed by atoms with Gasteiger partial charge in [-0.15, -0.1) is 0 Å². The molecule has 1 amide bonds. The molecule has 6 rings (SSSR count). The number of hydrogen-bond donors (Lipinski definition) is 2. The summed E-state index contributed by atoms with van der Waals surface area (Å²) < 4.78 is 31.8. The summed E-state index contributed by atoms with van der Waals surface area (Å²) in [6.07, 6.45) is 5.14. The minimum atomic E-state index is -0.440. The number of amides is 1. The van der Waals surface area contributed by atoms with Crippen LogP contribution in [0.25, 0.3) is 10.9 Å². The molecular weight excluding hydrogens is 597 g/mol. The number of nitrogens with two attached hydrogens (primary N) is 1. The number of anilines is 3. The largest absolute Gasteiger partial charge is 0.487 e. The number of carbonyl (C=O) groups is 1. The minimum Gasteiger partial charge on any atom is -0.487 e. The van der Waals surface area contributed by atoms with Crippen molar-refractivity contribution in [2.45, 2.75) is 32.0 Å². The number of hydrogen-bond acceptors (Lipinski definition) is 8. The highest BCUT2D eigenvalue weighted by Gasteiger charge is 2.25. The first kappa shape index (κ1) is 30.2. The van der Waals surface area contributed by atoms with Crippen molar-refractivity contribution in [3.8, 4) is 17.6 Å². The van der Waals surface area contributed by atoms with E-state index in [-0.39, 0.29) is 18.5 Å². The van der Waals surface area contributed by atoms with Crippen LogP contribution in [-0.2, 0) is 16.1 Å². The van der Waals surface area contributed by atoms with Crippen molar-refractivity contribution in [3.63, 3.8) is 0 Å². The Morgan fingerprint density at radius 2 is 2.02 bits per heavy atom. The van der Waals surface area contributed by atoms with Crippen molar-refractivity contribution in [1.29, 1.82) is 5.26 Å². The van der Waals surface area contributed by atoms with Gasteiger partial charge in [0.2, 0.25) is 5.91 Å². The lowest BCUT2D eigenvalue weighted by atomic mass is 10.0. The van der Waals surface area contributed by atoms with Gasteiger partial charge in [-0.2, -0.15) is 5.26 Å². The SMILES string of the molecule is N#Cc1cnc2cc(OC3CCOC3)c(N3CCC(=CC(N)=O)CC3)cc2c1Nc1ccc(OCc2ccccc2F)c(Cl)c1. The number of carbonyl (C=O) groups excluding carboxylic acids is 1. The summed E-state index contributed by atoms with van der Waals surface area (Å²) in [6, 6.07) is 17.7. The van der Waals surface area contributed by atoms with Crippen molar-refractivity contribution < 1.29 is 23.4 Å². The molecule has 0 spiro atoms. The Morgan fingerprint density at radius 3 is 2.73 bits per heavy atom. The average Bonchev–Trinajstić information content (AvgIpc) is 3.55. The summed E-state index contributed by atoms with van der Waals surface area (Å²) in [7, 11) is 0. The Hall–Kier alpha value is -4.85. The number of nitrogens with zero attached hydrogens (tertiary/aromatic N) is 3. The highest BCUT2D eigenvalue weighted by atomic mass is 35.5. The first-order valence-corrected chi connectivity index (χ1v) is 15.0. The maximum absolute atomic E-state index is 14.0. The van der Waals surface area contributed by atoms with E-state index in [0.717, 1.165) is 23.1 Å². The maximum Gasteiger partial charge on any atom is 0.241 e. The predicted octanol–water partition coefficient (Wildman–Crippen LogP) is 6.40. The molecule has 3 aromatic carbocycles. The highest BCUT2D eigenvalue weighted by molar-refractivity contribution is 6.32. The Morgan fingerprint density at radius 1 is 1.20 bits per heavy atom. The van der Waals surface area contributed by atoms with E-state index in [2.05, 4.69) is 21.3 Å². The Bertz CT molecular complexity index is 1810. The number of piperidine rings is 1. The predicted molar refractivity (Wildman–Crippen MR) is 171 cm³/mol. The van der Waals surface area contributed by atoms with Crippen molar-refractivity contribution in [2.75, 3.05) is 36.5 Å². The third kappa shape index (κ3) is 6.95. The molecule has 0 saturated carbocycles. The summed E-state index contributed by atoms with van der Waals surface area (Å²) in [6.45, 7) is 2.52. The van der Waals surface area contributed by atoms with Gasteiger partial charge in [0.15, 0.2) is 0 Å². The topological polar surface area (TPSA) is 123 Å². The van der Waals surface area contributed by atoms with Gasteiger partial charge in [0.25, 0.3) is 0 Å². The zero-order valence-electron chi connectivity index (χ0n) is 24.4. The van der Waals surface area contributed by atoms with Crippen LogP contribution in [0, 0.1) is 17.1 Å². The summed E-state index contributed by atoms with van der Waals surface area (Å²) in [4.78, 5) is 18.2. The first-order valence-electron chi connectivity index (χ1n) is 14.7. The van der Waals surface area contributed by atoms with Gasteiger partial charge < -0.3 is 30.2 Å². The van der Waals surface area contributed by atoms with Crippen LogP contribution in [-0.4, -0.2) is 43.3 Å². The smallest absolute Gasteiger partial charge is 0.241 e. The van der Waals surface area contributed by atoms with Crippen LogP contribution in [0.1, 0.15) is 30.4 Å². The maximum atomic E-state index is 14.0. The quantitative estimate of drug-likeness (QED) is 0.204. The van der Waals surface area contributed by atoms with Crippen LogP contribution in [0.3, 0.4) is 0 Å². The van der Waals surface area contributed by atoms with Gasteiger partial charge in [0.05, 0.1) is 40.7 Å². The number of halogens is 2. The summed E-state index contributed by atoms with van der Waals surface area (Å²) in [5, 5.41) is 14.4. The molecule has 4 aromatic rings. The van der Waals surface area contributed by atoms with Gasteiger partial charge in [-0.1, -0.05) is 35.4 Å². The third-order valence-electron chi connectivity index (χ3n) is 7.89. The molecular formula is C34H31ClFN5O4. The lowest BCUT2D eigenvalue weighted by Crippen LogP contribution is -2.32. The molecule has 230 valence electrons. The van der Waals surface area contributed by atoms with Crippen LogP contribution in [0.15, 0.2) is 72.4 Å². The van der Waals surface area contributed by atoms with E-state index in [4.69, 9.17) is 31.5 Å². The zero-order valence-corrected chi connectivity index (χ0v) is 25.1. The van der Waals surface area contributed by atoms with E-state index in [9.17, 15) is 14.4 Å². The first-order chi connectivity index (χ1) is 21.9. The van der Waals surface area contributed by atoms with Gasteiger partial charge in [0.1, 0.15) is 36.1 Å². The van der Waals surface area contributed by atoms with Gasteiger partial charge >= 0.3 is 0 Å². The minimum absolute atomic E-state index is 0.0310. The van der Waals surface area contributed by atoms with Crippen LogP contribution in [0.4, 0.5) is 21.5 Å². The monoisotopic (exact) mass is 627 g/mol. The number of rotatable bonds is 9. The molecule has 1 atom stereocenters. The second-order valence-electron chi connectivity index (χ2n) is 10.9. The number of benzene rings is 3. The fourth-order valence-electron chi connectivity index (χ4n) is 5.55. The molecule has 3 N–H and O–H groups in total. The van der Waals surface area contributed by atoms with Crippen molar-refractivity contribution in [3.05, 3.63) is 94.4 Å². The van der Waals surface area contributed by atoms with E-state index in [1.54, 1.807) is 36.4 Å². The molecule has 2 saturated heterocycles. The summed E-state index contributed by atoms with van der Waals surface area (Å²) in [5.41, 5.74) is 9.89. The number of pyridine rings is 1. The molecule has 9 nitrogen and oxygen atoms in total. The van der Waals surface area contributed by atoms with Crippen molar-refractivity contribution >= 4 is 45.5 Å². The Labute approximate surface area is 265 Å². The number of ether oxygens (including phenoxy) is 3. The number of primary amides is 1. The number of aromatic nitrogens is 1. The Kier molecular flexibility index (Phi) is 9.01. The van der Waals surface area contributed by atoms with Crippen molar-refractivity contribution in [2.24, 2.45) is 5.73 Å². The summed E-state index contributed by atoms with van der Waals surface area (Å²) >= 11 is 6.56. The third-order valence-corrected chi connectivity index (χ3v) is 8.18. The lowest BCUT2D eigenvalue weighted by molar-refractivity contribution is -0.113. The van der Waals surface area contributed by atoms with Crippen LogP contribution < -0.4 is 25.4 Å². The lowest BCUT2D eigenvalue weighted by Gasteiger charge is -2.32. The van der Waals surface area contributed by atoms with Gasteiger partial charge in [-0.25, -0.2) is 4.39 Å². The van der Waals surface area contributed by atoms with Gasteiger partial charge in [-0.3, -0.25) is 9.78 Å². The van der Waals surface area contributed by atoms with E-state index < -0.39 is 5.91 Å². The van der Waals surface area contributed by atoms with E-state index in [0.29, 0.717) is 83.7 Å². The molecule has 3 heterocycles. The van der Waals surface area contributed by atoms with Gasteiger partial charge in [0, 0.05) is 54.5 Å². The number of nitrogens with one attached hydrogen (secondary N) is 1. The molecule has 1 aromatic heterocycles. The Balaban J connectivity index is 1.32. The fraction of sp³-hybridized carbons (Fsp3) is 0.265. The molecule has 2 fully saturated rings. The highest BCUT2D eigenvalue weighted by Crippen LogP contribution is 2.40. The normalized spacial score (nSPS) is 16.3. The zero-order chi connectivity index (χ0) is 31.3. The molecule has 2 aliphatic heterocycles. The molecule has 45 heavy (non-hydrogen) atoms. The van der Waals surface area contributed by atoms with E-state index >= 15 is 0 Å². The van der Waals surface area contributed by atoms with Gasteiger partial charge in [-0.05, 0) is 43.2 Å². The standard InChI is InChI=1S/C34H31ClFN5O4/c35-27-14-24(5-6-31(27)44-19-22-3-1-2-4-28(22)36)40-34-23(17-37)18-39-29-16-32(45-25-9-12-43-20-25)30(15-26(29)34)41-10-7-21(8-11-41)13-33(38)42/h1-6,13-16,18,25H,7-12,19-20H2,(H2,38,42)(H,39,40). The van der Waals surface area contributed by atoms with E-state index in [1.807, 2.05) is 12.1 Å². The fourth-order valence-corrected chi connectivity index (χ4v) is 5.78. The molecule has 0 radical (unpaired) electrons. The van der Waals surface area contributed by atoms with Crippen LogP contribution in [0.5, 0.6) is 11.5 Å². The van der Waals surface area contributed by atoms with E-state index in [1.165, 1.54) is 18.3 Å². The molecule has 0 aliphatic carbocycles. The second kappa shape index (κ2) is 13.4. The molecule has 11 heteroatoms. The second-order valence-corrected chi connectivity index (χ2v) is 11.3. The number of nitriles is 1. The number of fused-ring (bicyclic) bond motifs is 1.